The normalized spacial score (nSPS) is 14.3. The van der Waals surface area contributed by atoms with Crippen molar-refractivity contribution in [2.45, 2.75) is 17.1 Å². The van der Waals surface area contributed by atoms with Gasteiger partial charge < -0.3 is 10.1 Å². The van der Waals surface area contributed by atoms with Gasteiger partial charge in [0.1, 0.15) is 0 Å². The molecule has 0 fully saturated rings. The minimum absolute atomic E-state index is 0.192. The third kappa shape index (κ3) is 4.30. The van der Waals surface area contributed by atoms with Gasteiger partial charge in [-0.05, 0) is 23.8 Å². The molecule has 3 aromatic carbocycles. The van der Waals surface area contributed by atoms with Crippen molar-refractivity contribution in [2.24, 2.45) is 0 Å². The van der Waals surface area contributed by atoms with Crippen molar-refractivity contribution in [1.82, 2.24) is 15.2 Å². The van der Waals surface area contributed by atoms with Crippen LogP contribution in [0.4, 0.5) is 5.69 Å². The summed E-state index contributed by atoms with van der Waals surface area (Å²) in [4.78, 5) is 17.7. The van der Waals surface area contributed by atoms with Crippen molar-refractivity contribution in [3.63, 3.8) is 0 Å². The van der Waals surface area contributed by atoms with Crippen LogP contribution in [0.25, 0.3) is 11.3 Å². The standard InChI is InChI=1S/C24H17ClN4O2S/c25-17-12-10-15(11-13-17)14-32-24-27-22-20(28-29-24)18-8-4-5-9-19(18)26-23(31-22)21(30)16-6-2-1-3-7-16/h1-13,23,26H,14H2/t23-/m1/s1. The van der Waals surface area contributed by atoms with Gasteiger partial charge >= 0.3 is 0 Å². The number of Topliss-reactive ketones (excluding diaryl/α,β-unsaturated/α-hetero) is 1. The van der Waals surface area contributed by atoms with Crippen LogP contribution in [-0.2, 0) is 5.75 Å². The zero-order valence-corrected chi connectivity index (χ0v) is 18.3. The SMILES string of the molecule is O=C(c1ccccc1)[C@@H]1Nc2ccccc2-c2nnc(SCc3ccc(Cl)cc3)nc2O1. The Bertz CT molecular complexity index is 1270. The number of fused-ring (bicyclic) bond motifs is 3. The molecule has 0 radical (unpaired) electrons. The van der Waals surface area contributed by atoms with Gasteiger partial charge in [-0.2, -0.15) is 4.98 Å². The van der Waals surface area contributed by atoms with E-state index in [1.54, 1.807) is 12.1 Å². The number of thioether (sulfide) groups is 1. The molecule has 0 amide bonds. The third-order valence-corrected chi connectivity index (χ3v) is 6.07. The molecule has 0 aliphatic carbocycles. The molecule has 1 aromatic heterocycles. The third-order valence-electron chi connectivity index (χ3n) is 4.91. The second kappa shape index (κ2) is 8.98. The highest BCUT2D eigenvalue weighted by molar-refractivity contribution is 7.98. The van der Waals surface area contributed by atoms with E-state index in [0.717, 1.165) is 16.8 Å². The fourth-order valence-corrected chi connectivity index (χ4v) is 4.17. The number of carbonyl (C=O) groups excluding carboxylic acids is 1. The van der Waals surface area contributed by atoms with Crippen molar-refractivity contribution in [3.8, 4) is 17.1 Å². The summed E-state index contributed by atoms with van der Waals surface area (Å²) < 4.78 is 6.06. The fourth-order valence-electron chi connectivity index (χ4n) is 3.31. The molecular weight excluding hydrogens is 444 g/mol. The quantitative estimate of drug-likeness (QED) is 0.311. The van der Waals surface area contributed by atoms with E-state index < -0.39 is 6.23 Å². The van der Waals surface area contributed by atoms with Gasteiger partial charge in [-0.15, -0.1) is 10.2 Å². The lowest BCUT2D eigenvalue weighted by molar-refractivity contribution is 0.0823. The molecular formula is C24H17ClN4O2S. The average Bonchev–Trinajstić information content (AvgIpc) is 3.00. The lowest BCUT2D eigenvalue weighted by Crippen LogP contribution is -2.35. The highest BCUT2D eigenvalue weighted by atomic mass is 35.5. The van der Waals surface area contributed by atoms with Crippen LogP contribution in [0.1, 0.15) is 15.9 Å². The van der Waals surface area contributed by atoms with Gasteiger partial charge in [0, 0.05) is 27.6 Å². The number of para-hydroxylation sites is 1. The van der Waals surface area contributed by atoms with E-state index in [9.17, 15) is 4.79 Å². The summed E-state index contributed by atoms with van der Waals surface area (Å²) >= 11 is 7.39. The Morgan fingerprint density at radius 2 is 1.72 bits per heavy atom. The highest BCUT2D eigenvalue weighted by Crippen LogP contribution is 2.37. The number of hydrogen-bond acceptors (Lipinski definition) is 7. The Kier molecular flexibility index (Phi) is 5.75. The van der Waals surface area contributed by atoms with Gasteiger partial charge in [0.25, 0.3) is 0 Å². The van der Waals surface area contributed by atoms with E-state index in [0.29, 0.717) is 27.2 Å². The second-order valence-corrected chi connectivity index (χ2v) is 8.46. The van der Waals surface area contributed by atoms with Gasteiger partial charge in [-0.1, -0.05) is 84.0 Å². The molecule has 1 N–H and O–H groups in total. The number of benzene rings is 3. The van der Waals surface area contributed by atoms with Crippen LogP contribution >= 0.6 is 23.4 Å². The average molecular weight is 461 g/mol. The van der Waals surface area contributed by atoms with Crippen LogP contribution in [-0.4, -0.2) is 27.2 Å². The zero-order valence-electron chi connectivity index (χ0n) is 16.7. The van der Waals surface area contributed by atoms with Crippen molar-refractivity contribution < 1.29 is 9.53 Å². The molecule has 2 heterocycles. The smallest absolute Gasteiger partial charge is 0.247 e. The van der Waals surface area contributed by atoms with Crippen molar-refractivity contribution in [1.29, 1.82) is 0 Å². The number of anilines is 1. The maximum Gasteiger partial charge on any atom is 0.247 e. The fraction of sp³-hybridized carbons (Fsp3) is 0.0833. The molecule has 32 heavy (non-hydrogen) atoms. The van der Waals surface area contributed by atoms with Crippen LogP contribution in [0, 0.1) is 0 Å². The van der Waals surface area contributed by atoms with Gasteiger partial charge in [0.15, 0.2) is 5.69 Å². The molecule has 0 saturated heterocycles. The maximum atomic E-state index is 13.1. The molecule has 0 saturated carbocycles. The highest BCUT2D eigenvalue weighted by Gasteiger charge is 2.30. The van der Waals surface area contributed by atoms with Crippen molar-refractivity contribution in [2.75, 3.05) is 5.32 Å². The Balaban J connectivity index is 1.46. The number of rotatable bonds is 5. The summed E-state index contributed by atoms with van der Waals surface area (Å²) in [5.41, 5.74) is 3.64. The Labute approximate surface area is 194 Å². The summed E-state index contributed by atoms with van der Waals surface area (Å²) in [6.45, 7) is 0. The first-order chi connectivity index (χ1) is 15.7. The number of ketones is 1. The van der Waals surface area contributed by atoms with E-state index in [-0.39, 0.29) is 11.7 Å². The molecule has 158 valence electrons. The number of nitrogens with zero attached hydrogens (tertiary/aromatic N) is 3. The van der Waals surface area contributed by atoms with Crippen molar-refractivity contribution in [3.05, 3.63) is 95.0 Å². The largest absolute Gasteiger partial charge is 0.444 e. The van der Waals surface area contributed by atoms with E-state index in [1.807, 2.05) is 66.7 Å². The minimum Gasteiger partial charge on any atom is -0.444 e. The molecule has 5 rings (SSSR count). The first-order valence-electron chi connectivity index (χ1n) is 9.91. The molecule has 0 unspecified atom stereocenters. The number of hydrogen-bond donors (Lipinski definition) is 1. The van der Waals surface area contributed by atoms with Crippen LogP contribution in [0.3, 0.4) is 0 Å². The summed E-state index contributed by atoms with van der Waals surface area (Å²) in [6.07, 6.45) is -0.939. The number of halogens is 1. The van der Waals surface area contributed by atoms with Gasteiger partial charge in [0.2, 0.25) is 23.0 Å². The number of carbonyl (C=O) groups is 1. The van der Waals surface area contributed by atoms with Crippen molar-refractivity contribution >= 4 is 34.8 Å². The molecule has 0 bridgehead atoms. The predicted molar refractivity (Wildman–Crippen MR) is 125 cm³/mol. The molecule has 1 aliphatic heterocycles. The Morgan fingerprint density at radius 1 is 0.969 bits per heavy atom. The van der Waals surface area contributed by atoms with Crippen LogP contribution < -0.4 is 10.1 Å². The first-order valence-corrected chi connectivity index (χ1v) is 11.3. The van der Waals surface area contributed by atoms with Gasteiger partial charge in [-0.3, -0.25) is 4.79 Å². The summed E-state index contributed by atoms with van der Waals surface area (Å²) in [5, 5.41) is 13.0. The molecule has 0 spiro atoms. The van der Waals surface area contributed by atoms with Gasteiger partial charge in [-0.25, -0.2) is 0 Å². The van der Waals surface area contributed by atoms with Gasteiger partial charge in [0.05, 0.1) is 0 Å². The number of ether oxygens (including phenoxy) is 1. The van der Waals surface area contributed by atoms with Crippen LogP contribution in [0.5, 0.6) is 5.88 Å². The predicted octanol–water partition coefficient (Wildman–Crippen LogP) is 5.50. The van der Waals surface area contributed by atoms with Crippen LogP contribution in [0.2, 0.25) is 5.02 Å². The Hall–Kier alpha value is -3.42. The van der Waals surface area contributed by atoms with E-state index in [2.05, 4.69) is 20.5 Å². The van der Waals surface area contributed by atoms with E-state index in [4.69, 9.17) is 16.3 Å². The van der Waals surface area contributed by atoms with Crippen LogP contribution in [0.15, 0.2) is 84.0 Å². The molecule has 6 nitrogen and oxygen atoms in total. The van der Waals surface area contributed by atoms with E-state index in [1.165, 1.54) is 11.8 Å². The molecule has 1 aliphatic rings. The lowest BCUT2D eigenvalue weighted by Gasteiger charge is -2.17. The lowest BCUT2D eigenvalue weighted by atomic mass is 10.1. The second-order valence-electron chi connectivity index (χ2n) is 7.08. The summed E-state index contributed by atoms with van der Waals surface area (Å²) in [7, 11) is 0. The topological polar surface area (TPSA) is 77.0 Å². The molecule has 8 heteroatoms. The molecule has 4 aromatic rings. The monoisotopic (exact) mass is 460 g/mol. The first kappa shape index (κ1) is 20.5. The summed E-state index contributed by atoms with van der Waals surface area (Å²) in [6, 6.07) is 24.2. The Morgan fingerprint density at radius 3 is 2.53 bits per heavy atom. The number of nitrogens with one attached hydrogen (secondary N) is 1. The van der Waals surface area contributed by atoms with E-state index >= 15 is 0 Å². The number of aromatic nitrogens is 3. The molecule has 1 atom stereocenters. The summed E-state index contributed by atoms with van der Waals surface area (Å²) in [5.74, 6) is 0.728. The maximum absolute atomic E-state index is 13.1. The minimum atomic E-state index is -0.939. The zero-order chi connectivity index (χ0) is 21.9.